The van der Waals surface area contributed by atoms with Crippen LogP contribution < -0.4 is 5.32 Å². The van der Waals surface area contributed by atoms with Crippen LogP contribution in [0.2, 0.25) is 0 Å². The normalized spacial score (nSPS) is 17.4. The van der Waals surface area contributed by atoms with Crippen LogP contribution in [0.1, 0.15) is 11.6 Å². The summed E-state index contributed by atoms with van der Waals surface area (Å²) in [6.45, 7) is 1.05. The van der Waals surface area contributed by atoms with Crippen molar-refractivity contribution in [3.05, 3.63) is 60.2 Å². The first kappa shape index (κ1) is 13.1. The van der Waals surface area contributed by atoms with E-state index in [2.05, 4.69) is 59.9 Å². The Morgan fingerprint density at radius 2 is 1.84 bits per heavy atom. The van der Waals surface area contributed by atoms with Crippen molar-refractivity contribution in [3.8, 4) is 0 Å². The molecule has 1 atom stereocenters. The second kappa shape index (κ2) is 6.51. The van der Waals surface area contributed by atoms with Gasteiger partial charge in [-0.1, -0.05) is 36.4 Å². The molecule has 0 spiro atoms. The lowest BCUT2D eigenvalue weighted by atomic mass is 10.1. The van der Waals surface area contributed by atoms with Gasteiger partial charge in [-0.2, -0.15) is 0 Å². The molecule has 3 heteroatoms. The summed E-state index contributed by atoms with van der Waals surface area (Å²) in [5.41, 5.74) is 1.47. The first-order valence-corrected chi connectivity index (χ1v) is 8.53. The molecule has 0 aliphatic carbocycles. The minimum atomic E-state index is 0.526. The Balaban J connectivity index is 1.47. The van der Waals surface area contributed by atoms with Crippen molar-refractivity contribution in [2.75, 3.05) is 18.1 Å². The van der Waals surface area contributed by atoms with E-state index in [0.29, 0.717) is 6.04 Å². The van der Waals surface area contributed by atoms with E-state index >= 15 is 0 Å². The number of nitrogens with one attached hydrogen (secondary N) is 1. The highest BCUT2D eigenvalue weighted by atomic mass is 32.2. The largest absolute Gasteiger partial charge is 0.308 e. The molecule has 1 N–H and O–H groups in total. The first-order chi connectivity index (χ1) is 9.43. The molecule has 1 heterocycles. The zero-order valence-electron chi connectivity index (χ0n) is 10.7. The third kappa shape index (κ3) is 3.35. The zero-order chi connectivity index (χ0) is 12.9. The van der Waals surface area contributed by atoms with E-state index in [-0.39, 0.29) is 0 Å². The molecular formula is C16H17NS2. The summed E-state index contributed by atoms with van der Waals surface area (Å²) in [6, 6.07) is 19.9. The number of hydrogen-bond donors (Lipinski definition) is 1. The van der Waals surface area contributed by atoms with Crippen molar-refractivity contribution in [1.82, 2.24) is 5.32 Å². The minimum Gasteiger partial charge on any atom is -0.308 e. The van der Waals surface area contributed by atoms with E-state index in [0.717, 1.165) is 18.1 Å². The van der Waals surface area contributed by atoms with Crippen LogP contribution >= 0.6 is 23.5 Å². The van der Waals surface area contributed by atoms with Crippen molar-refractivity contribution in [1.29, 1.82) is 0 Å². The van der Waals surface area contributed by atoms with Crippen LogP contribution in [0, 0.1) is 0 Å². The third-order valence-corrected chi connectivity index (χ3v) is 5.40. The van der Waals surface area contributed by atoms with Crippen LogP contribution in [-0.4, -0.2) is 18.1 Å². The fourth-order valence-corrected chi connectivity index (χ4v) is 4.25. The van der Waals surface area contributed by atoms with Crippen molar-refractivity contribution >= 4 is 23.5 Å². The molecule has 0 bridgehead atoms. The van der Waals surface area contributed by atoms with Crippen molar-refractivity contribution < 1.29 is 0 Å². The molecule has 0 amide bonds. The Morgan fingerprint density at radius 3 is 2.74 bits per heavy atom. The molecular weight excluding hydrogens is 270 g/mol. The van der Waals surface area contributed by atoms with Gasteiger partial charge < -0.3 is 5.32 Å². The van der Waals surface area contributed by atoms with Gasteiger partial charge in [-0.3, -0.25) is 0 Å². The highest BCUT2D eigenvalue weighted by Crippen LogP contribution is 2.37. The molecule has 0 aromatic heterocycles. The van der Waals surface area contributed by atoms with Crippen LogP contribution in [-0.2, 0) is 0 Å². The summed E-state index contributed by atoms with van der Waals surface area (Å²) in [5.74, 6) is 2.28. The van der Waals surface area contributed by atoms with Crippen LogP contribution in [0.25, 0.3) is 0 Å². The van der Waals surface area contributed by atoms with E-state index in [9.17, 15) is 0 Å². The van der Waals surface area contributed by atoms with E-state index in [4.69, 9.17) is 0 Å². The lowest BCUT2D eigenvalue weighted by Crippen LogP contribution is -2.23. The molecule has 2 aromatic carbocycles. The maximum Gasteiger partial charge on any atom is 0.0426 e. The zero-order valence-corrected chi connectivity index (χ0v) is 12.3. The summed E-state index contributed by atoms with van der Waals surface area (Å²) in [7, 11) is 0. The van der Waals surface area contributed by atoms with Gasteiger partial charge in [0, 0.05) is 33.9 Å². The Bertz CT molecular complexity index is 527. The number of hydrogen-bond acceptors (Lipinski definition) is 3. The molecule has 19 heavy (non-hydrogen) atoms. The smallest absolute Gasteiger partial charge is 0.0426 e. The van der Waals surface area contributed by atoms with Crippen molar-refractivity contribution in [2.24, 2.45) is 0 Å². The standard InChI is InChI=1S/C16H17NS2/c1-2-6-13(7-3-1)18-11-10-17-15-12-19-16-9-5-4-8-14(15)16/h1-9,15,17H,10-12H2. The molecule has 0 fully saturated rings. The van der Waals surface area contributed by atoms with Gasteiger partial charge in [-0.25, -0.2) is 0 Å². The third-order valence-electron chi connectivity index (χ3n) is 3.20. The molecule has 1 aliphatic heterocycles. The van der Waals surface area contributed by atoms with Gasteiger partial charge in [0.2, 0.25) is 0 Å². The number of thioether (sulfide) groups is 2. The van der Waals surface area contributed by atoms with Gasteiger partial charge in [-0.05, 0) is 23.8 Å². The highest BCUT2D eigenvalue weighted by molar-refractivity contribution is 7.99. The average molecular weight is 287 g/mol. The van der Waals surface area contributed by atoms with Crippen LogP contribution in [0.4, 0.5) is 0 Å². The van der Waals surface area contributed by atoms with Crippen LogP contribution in [0.3, 0.4) is 0 Å². The number of benzene rings is 2. The minimum absolute atomic E-state index is 0.526. The van der Waals surface area contributed by atoms with Gasteiger partial charge in [0.15, 0.2) is 0 Å². The Morgan fingerprint density at radius 1 is 1.05 bits per heavy atom. The predicted octanol–water partition coefficient (Wildman–Crippen LogP) is 4.22. The first-order valence-electron chi connectivity index (χ1n) is 6.56. The van der Waals surface area contributed by atoms with Crippen molar-refractivity contribution in [2.45, 2.75) is 15.8 Å². The fourth-order valence-electron chi connectivity index (χ4n) is 2.25. The highest BCUT2D eigenvalue weighted by Gasteiger charge is 2.21. The van der Waals surface area contributed by atoms with E-state index < -0.39 is 0 Å². The maximum absolute atomic E-state index is 3.67. The second-order valence-electron chi connectivity index (χ2n) is 4.52. The molecule has 1 aliphatic rings. The van der Waals surface area contributed by atoms with Crippen molar-refractivity contribution in [3.63, 3.8) is 0 Å². The van der Waals surface area contributed by atoms with E-state index in [1.54, 1.807) is 0 Å². The number of rotatable bonds is 5. The molecule has 0 saturated carbocycles. The molecule has 2 aromatic rings. The summed E-state index contributed by atoms with van der Waals surface area (Å²) < 4.78 is 0. The second-order valence-corrected chi connectivity index (χ2v) is 6.75. The van der Waals surface area contributed by atoms with E-state index in [1.807, 2.05) is 23.5 Å². The SMILES string of the molecule is c1ccc(SCCNC2CSc3ccccc32)cc1. The van der Waals surface area contributed by atoms with Gasteiger partial charge >= 0.3 is 0 Å². The van der Waals surface area contributed by atoms with Gasteiger partial charge in [0.1, 0.15) is 0 Å². The van der Waals surface area contributed by atoms with Crippen LogP contribution in [0.15, 0.2) is 64.4 Å². The molecule has 1 unspecified atom stereocenters. The lowest BCUT2D eigenvalue weighted by Gasteiger charge is -2.12. The lowest BCUT2D eigenvalue weighted by molar-refractivity contribution is 0.611. The molecule has 0 radical (unpaired) electrons. The molecule has 0 saturated heterocycles. The topological polar surface area (TPSA) is 12.0 Å². The molecule has 3 rings (SSSR count). The summed E-state index contributed by atoms with van der Waals surface area (Å²) in [6.07, 6.45) is 0. The van der Waals surface area contributed by atoms with Gasteiger partial charge in [0.05, 0.1) is 0 Å². The monoisotopic (exact) mass is 287 g/mol. The Hall–Kier alpha value is -0.900. The predicted molar refractivity (Wildman–Crippen MR) is 85.1 cm³/mol. The number of fused-ring (bicyclic) bond motifs is 1. The Labute approximate surface area is 123 Å². The molecule has 98 valence electrons. The van der Waals surface area contributed by atoms with Crippen LogP contribution in [0.5, 0.6) is 0 Å². The summed E-state index contributed by atoms with van der Waals surface area (Å²) in [4.78, 5) is 2.79. The van der Waals surface area contributed by atoms with E-state index in [1.165, 1.54) is 15.4 Å². The Kier molecular flexibility index (Phi) is 4.49. The maximum atomic E-state index is 3.67. The van der Waals surface area contributed by atoms with Gasteiger partial charge in [-0.15, -0.1) is 23.5 Å². The fraction of sp³-hybridized carbons (Fsp3) is 0.250. The molecule has 1 nitrogen and oxygen atoms in total. The summed E-state index contributed by atoms with van der Waals surface area (Å²) >= 11 is 3.88. The quantitative estimate of drug-likeness (QED) is 0.653. The summed E-state index contributed by atoms with van der Waals surface area (Å²) in [5, 5.41) is 3.67. The average Bonchev–Trinajstić information content (AvgIpc) is 2.88. The van der Waals surface area contributed by atoms with Gasteiger partial charge in [0.25, 0.3) is 0 Å².